The Balaban J connectivity index is 1.60. The minimum absolute atomic E-state index is 0.225. The normalized spacial score (nSPS) is 17.5. The lowest BCUT2D eigenvalue weighted by atomic mass is 9.89. The summed E-state index contributed by atoms with van der Waals surface area (Å²) in [5, 5.41) is 9.11. The number of aromatic nitrogens is 1. The summed E-state index contributed by atoms with van der Waals surface area (Å²) < 4.78 is 5.57. The van der Waals surface area contributed by atoms with Gasteiger partial charge in [-0.15, -0.1) is 6.58 Å². The second kappa shape index (κ2) is 14.4. The molecule has 2 heterocycles. The molecule has 0 spiro atoms. The van der Waals surface area contributed by atoms with E-state index in [1.165, 1.54) is 5.01 Å². The van der Waals surface area contributed by atoms with Gasteiger partial charge in [-0.25, -0.2) is 5.43 Å². The average Bonchev–Trinajstić information content (AvgIpc) is 2.98. The van der Waals surface area contributed by atoms with Gasteiger partial charge in [-0.1, -0.05) is 38.6 Å². The van der Waals surface area contributed by atoms with Crippen LogP contribution < -0.4 is 16.1 Å². The van der Waals surface area contributed by atoms with Crippen molar-refractivity contribution in [2.24, 2.45) is 11.3 Å². The number of amides is 3. The lowest BCUT2D eigenvalue weighted by Gasteiger charge is -2.35. The molecule has 0 radical (unpaired) electrons. The van der Waals surface area contributed by atoms with Crippen LogP contribution in [-0.2, 0) is 23.9 Å². The predicted molar refractivity (Wildman–Crippen MR) is 167 cm³/mol. The molecule has 3 N–H and O–H groups in total. The summed E-state index contributed by atoms with van der Waals surface area (Å²) in [7, 11) is 0. The zero-order valence-electron chi connectivity index (χ0n) is 26.1. The smallest absolute Gasteiger partial charge is 0.312 e. The van der Waals surface area contributed by atoms with Crippen molar-refractivity contribution in [3.05, 3.63) is 61.0 Å². The van der Waals surface area contributed by atoms with E-state index >= 15 is 0 Å². The molecule has 0 bridgehead atoms. The van der Waals surface area contributed by atoms with E-state index in [2.05, 4.69) is 34.2 Å². The SMILES string of the molecule is C=CCC(C)(C)C(=O)O[C@H](C(=O)N[C@@H](C)C(=O)N1CCCC(C(=O)NC(C)c2ccc3cnc(C=C)cc3c2)N1)C(C)C. The van der Waals surface area contributed by atoms with Gasteiger partial charge in [0.1, 0.15) is 12.1 Å². The molecule has 1 aliphatic rings. The summed E-state index contributed by atoms with van der Waals surface area (Å²) in [6, 6.07) is 6.10. The Morgan fingerprint density at radius 3 is 2.49 bits per heavy atom. The van der Waals surface area contributed by atoms with E-state index < -0.39 is 35.5 Å². The first kappa shape index (κ1) is 33.5. The molecular formula is C33H45N5O5. The summed E-state index contributed by atoms with van der Waals surface area (Å²) >= 11 is 0. The van der Waals surface area contributed by atoms with Crippen LogP contribution >= 0.6 is 0 Å². The van der Waals surface area contributed by atoms with Crippen molar-refractivity contribution < 1.29 is 23.9 Å². The van der Waals surface area contributed by atoms with E-state index in [4.69, 9.17) is 4.74 Å². The van der Waals surface area contributed by atoms with Crippen molar-refractivity contribution in [1.29, 1.82) is 0 Å². The number of pyridine rings is 1. The van der Waals surface area contributed by atoms with E-state index in [-0.39, 0.29) is 23.8 Å². The number of rotatable bonds is 12. The van der Waals surface area contributed by atoms with Crippen molar-refractivity contribution in [3.63, 3.8) is 0 Å². The number of nitrogens with zero attached hydrogens (tertiary/aromatic N) is 2. The molecule has 1 saturated heterocycles. The van der Waals surface area contributed by atoms with Gasteiger partial charge in [0, 0.05) is 18.1 Å². The quantitative estimate of drug-likeness (QED) is 0.249. The zero-order chi connectivity index (χ0) is 31.9. The lowest BCUT2D eigenvalue weighted by Crippen LogP contribution is -2.61. The third-order valence-electron chi connectivity index (χ3n) is 7.64. The number of esters is 1. The zero-order valence-corrected chi connectivity index (χ0v) is 26.1. The first-order valence-electron chi connectivity index (χ1n) is 14.8. The van der Waals surface area contributed by atoms with Crippen molar-refractivity contribution in [2.45, 2.75) is 85.0 Å². The largest absolute Gasteiger partial charge is 0.452 e. The number of hydrogen-bond acceptors (Lipinski definition) is 7. The predicted octanol–water partition coefficient (Wildman–Crippen LogP) is 4.23. The Labute approximate surface area is 254 Å². The highest BCUT2D eigenvalue weighted by molar-refractivity contribution is 5.91. The minimum Gasteiger partial charge on any atom is -0.452 e. The van der Waals surface area contributed by atoms with Crippen LogP contribution in [0.4, 0.5) is 0 Å². The summed E-state index contributed by atoms with van der Waals surface area (Å²) in [4.78, 5) is 56.6. The Morgan fingerprint density at radius 2 is 1.84 bits per heavy atom. The third kappa shape index (κ3) is 8.50. The van der Waals surface area contributed by atoms with Crippen LogP contribution in [0.25, 0.3) is 16.8 Å². The number of hydrogen-bond donors (Lipinski definition) is 3. The van der Waals surface area contributed by atoms with Gasteiger partial charge in [-0.2, -0.15) is 0 Å². The van der Waals surface area contributed by atoms with Crippen LogP contribution in [-0.4, -0.2) is 58.4 Å². The Hall–Kier alpha value is -4.05. The number of carbonyl (C=O) groups excluding carboxylic acids is 4. The minimum atomic E-state index is -1.06. The number of ether oxygens (including phenoxy) is 1. The molecule has 1 aliphatic heterocycles. The molecule has 232 valence electrons. The third-order valence-corrected chi connectivity index (χ3v) is 7.64. The molecule has 4 atom stereocenters. The first-order valence-corrected chi connectivity index (χ1v) is 14.8. The molecule has 2 aromatic rings. The van der Waals surface area contributed by atoms with Crippen molar-refractivity contribution >= 4 is 40.5 Å². The molecule has 43 heavy (non-hydrogen) atoms. The van der Waals surface area contributed by atoms with Gasteiger partial charge < -0.3 is 15.4 Å². The summed E-state index contributed by atoms with van der Waals surface area (Å²) in [5.41, 5.74) is 3.92. The monoisotopic (exact) mass is 591 g/mol. The highest BCUT2D eigenvalue weighted by atomic mass is 16.5. The van der Waals surface area contributed by atoms with Crippen LogP contribution in [0, 0.1) is 11.3 Å². The molecule has 1 aromatic heterocycles. The van der Waals surface area contributed by atoms with Crippen molar-refractivity contribution in [1.82, 2.24) is 26.1 Å². The second-order valence-corrected chi connectivity index (χ2v) is 12.1. The topological polar surface area (TPSA) is 130 Å². The molecule has 3 amide bonds. The molecule has 2 unspecified atom stereocenters. The lowest BCUT2D eigenvalue weighted by molar-refractivity contribution is -0.167. The average molecular weight is 592 g/mol. The number of benzene rings is 1. The Kier molecular flexibility index (Phi) is 11.2. The highest BCUT2D eigenvalue weighted by Crippen LogP contribution is 2.25. The van der Waals surface area contributed by atoms with E-state index in [0.29, 0.717) is 25.8 Å². The van der Waals surface area contributed by atoms with Gasteiger partial charge >= 0.3 is 5.97 Å². The molecule has 3 rings (SSSR count). The number of allylic oxidation sites excluding steroid dienone is 1. The van der Waals surface area contributed by atoms with Gasteiger partial charge in [0.05, 0.1) is 17.2 Å². The van der Waals surface area contributed by atoms with E-state index in [0.717, 1.165) is 22.0 Å². The van der Waals surface area contributed by atoms with Gasteiger partial charge in [-0.3, -0.25) is 29.2 Å². The molecule has 1 aromatic carbocycles. The number of nitrogens with one attached hydrogen (secondary N) is 3. The maximum Gasteiger partial charge on any atom is 0.312 e. The molecule has 10 heteroatoms. The fraction of sp³-hybridized carbons (Fsp3) is 0.485. The van der Waals surface area contributed by atoms with Crippen LogP contribution in [0.15, 0.2) is 49.7 Å². The number of hydrazine groups is 1. The fourth-order valence-corrected chi connectivity index (χ4v) is 4.89. The van der Waals surface area contributed by atoms with E-state index in [9.17, 15) is 19.2 Å². The summed E-state index contributed by atoms with van der Waals surface area (Å²) in [6.45, 7) is 18.3. The second-order valence-electron chi connectivity index (χ2n) is 12.1. The summed E-state index contributed by atoms with van der Waals surface area (Å²) in [5.74, 6) is -1.98. The highest BCUT2D eigenvalue weighted by Gasteiger charge is 2.36. The van der Waals surface area contributed by atoms with Crippen molar-refractivity contribution in [2.75, 3.05) is 6.54 Å². The van der Waals surface area contributed by atoms with E-state index in [1.54, 1.807) is 53.0 Å². The van der Waals surface area contributed by atoms with Crippen LogP contribution in [0.2, 0.25) is 0 Å². The maximum atomic E-state index is 13.3. The molecular weight excluding hydrogens is 546 g/mol. The summed E-state index contributed by atoms with van der Waals surface area (Å²) in [6.07, 6.45) is 5.63. The molecule has 1 fully saturated rings. The molecule has 0 aliphatic carbocycles. The van der Waals surface area contributed by atoms with Crippen LogP contribution in [0.5, 0.6) is 0 Å². The fourth-order valence-electron chi connectivity index (χ4n) is 4.89. The Bertz CT molecular complexity index is 1370. The maximum absolute atomic E-state index is 13.3. The molecule has 10 nitrogen and oxygen atoms in total. The van der Waals surface area contributed by atoms with Gasteiger partial charge in [0.15, 0.2) is 6.10 Å². The van der Waals surface area contributed by atoms with Gasteiger partial charge in [0.25, 0.3) is 11.8 Å². The Morgan fingerprint density at radius 1 is 1.12 bits per heavy atom. The van der Waals surface area contributed by atoms with E-state index in [1.807, 2.05) is 31.2 Å². The number of carbonyl (C=O) groups is 4. The molecule has 0 saturated carbocycles. The standard InChI is InChI=1S/C33H45N5O5/c1-9-15-33(7,8)32(42)43-28(20(3)4)30(40)36-22(6)31(41)38-16-11-12-27(37-38)29(39)35-21(5)23-13-14-24-19-34-26(10-2)18-25(24)17-23/h9-10,13-14,17-22,27-28,37H,1-2,11-12,15-16H2,3-8H3,(H,35,39)(H,36,40)/t21?,22-,27?,28-/m0/s1. The van der Waals surface area contributed by atoms with Gasteiger partial charge in [0.2, 0.25) is 5.91 Å². The number of fused-ring (bicyclic) bond motifs is 1. The van der Waals surface area contributed by atoms with Crippen molar-refractivity contribution in [3.8, 4) is 0 Å². The van der Waals surface area contributed by atoms with Gasteiger partial charge in [-0.05, 0) is 82.0 Å². The first-order chi connectivity index (χ1) is 20.3. The van der Waals surface area contributed by atoms with Crippen LogP contribution in [0.3, 0.4) is 0 Å². The van der Waals surface area contributed by atoms with Crippen LogP contribution in [0.1, 0.15) is 78.1 Å².